The Morgan fingerprint density at radius 3 is 2.41 bits per heavy atom. The molecule has 0 spiro atoms. The molecule has 0 unspecified atom stereocenters. The topological polar surface area (TPSA) is 96.9 Å². The number of carbonyl (C=O) groups is 3. The SMILES string of the molecule is CCOC(=O)[C@H](CS)NC(=O)c1ccc(/C=N/NC(=O)Cc2ccccc2)cc1. The van der Waals surface area contributed by atoms with E-state index >= 15 is 0 Å². The second-order valence-corrected chi connectivity index (χ2v) is 6.40. The first kappa shape index (κ1) is 22.2. The van der Waals surface area contributed by atoms with Crippen LogP contribution in [0.5, 0.6) is 0 Å². The van der Waals surface area contributed by atoms with Crippen molar-refractivity contribution in [1.29, 1.82) is 0 Å². The van der Waals surface area contributed by atoms with Crippen molar-refractivity contribution in [3.8, 4) is 0 Å². The van der Waals surface area contributed by atoms with E-state index in [1.165, 1.54) is 6.21 Å². The first-order valence-corrected chi connectivity index (χ1v) is 9.71. The first-order valence-electron chi connectivity index (χ1n) is 9.07. The van der Waals surface area contributed by atoms with Gasteiger partial charge in [-0.05, 0) is 30.2 Å². The van der Waals surface area contributed by atoms with E-state index in [0.717, 1.165) is 5.56 Å². The zero-order valence-electron chi connectivity index (χ0n) is 16.0. The van der Waals surface area contributed by atoms with Crippen LogP contribution in [-0.4, -0.2) is 42.4 Å². The van der Waals surface area contributed by atoms with Gasteiger partial charge in [-0.3, -0.25) is 9.59 Å². The molecule has 0 bridgehead atoms. The zero-order valence-corrected chi connectivity index (χ0v) is 16.9. The molecule has 0 fully saturated rings. The summed E-state index contributed by atoms with van der Waals surface area (Å²) in [6, 6.07) is 15.1. The summed E-state index contributed by atoms with van der Waals surface area (Å²) in [5, 5.41) is 6.51. The van der Waals surface area contributed by atoms with Gasteiger partial charge in [-0.25, -0.2) is 10.2 Å². The number of nitrogens with one attached hydrogen (secondary N) is 2. The van der Waals surface area contributed by atoms with Crippen LogP contribution in [0.3, 0.4) is 0 Å². The highest BCUT2D eigenvalue weighted by molar-refractivity contribution is 7.80. The summed E-state index contributed by atoms with van der Waals surface area (Å²) in [6.45, 7) is 1.93. The minimum atomic E-state index is -0.813. The summed E-state index contributed by atoms with van der Waals surface area (Å²) >= 11 is 4.07. The molecular weight excluding hydrogens is 390 g/mol. The molecule has 8 heteroatoms. The third kappa shape index (κ3) is 7.42. The van der Waals surface area contributed by atoms with Gasteiger partial charge in [0.05, 0.1) is 19.2 Å². The van der Waals surface area contributed by atoms with E-state index in [0.29, 0.717) is 11.1 Å². The minimum absolute atomic E-state index is 0.137. The number of nitrogens with zero attached hydrogens (tertiary/aromatic N) is 1. The zero-order chi connectivity index (χ0) is 21.1. The summed E-state index contributed by atoms with van der Waals surface area (Å²) < 4.78 is 4.90. The number of hydrogen-bond donors (Lipinski definition) is 3. The molecule has 1 atom stereocenters. The standard InChI is InChI=1S/C21H23N3O4S/c1-2-28-21(27)18(14-29)23-20(26)17-10-8-16(9-11-17)13-22-24-19(25)12-15-6-4-3-5-7-15/h3-11,13,18,29H,2,12,14H2,1H3,(H,23,26)(H,24,25)/b22-13+/t18-/m0/s1. The highest BCUT2D eigenvalue weighted by Crippen LogP contribution is 2.04. The Hall–Kier alpha value is -3.13. The van der Waals surface area contributed by atoms with Crippen LogP contribution in [0.15, 0.2) is 59.7 Å². The second kappa shape index (κ2) is 11.7. The van der Waals surface area contributed by atoms with Gasteiger partial charge in [0.2, 0.25) is 5.91 Å². The van der Waals surface area contributed by atoms with Crippen molar-refractivity contribution in [2.45, 2.75) is 19.4 Å². The number of ether oxygens (including phenoxy) is 1. The third-order valence-corrected chi connectivity index (χ3v) is 4.21. The van der Waals surface area contributed by atoms with Crippen LogP contribution in [0.1, 0.15) is 28.4 Å². The Labute approximate surface area is 174 Å². The van der Waals surface area contributed by atoms with Crippen molar-refractivity contribution in [3.05, 3.63) is 71.3 Å². The predicted octanol–water partition coefficient (Wildman–Crippen LogP) is 1.97. The molecule has 0 aliphatic carbocycles. The monoisotopic (exact) mass is 413 g/mol. The first-order chi connectivity index (χ1) is 14.0. The molecule has 2 rings (SSSR count). The van der Waals surface area contributed by atoms with Crippen molar-refractivity contribution < 1.29 is 19.1 Å². The summed E-state index contributed by atoms with van der Waals surface area (Å²) in [4.78, 5) is 35.9. The molecule has 0 saturated heterocycles. The number of amides is 2. The fraction of sp³-hybridized carbons (Fsp3) is 0.238. The number of hydrogen-bond acceptors (Lipinski definition) is 6. The van der Waals surface area contributed by atoms with E-state index in [1.807, 2.05) is 30.3 Å². The predicted molar refractivity (Wildman–Crippen MR) is 114 cm³/mol. The van der Waals surface area contributed by atoms with Gasteiger partial charge >= 0.3 is 5.97 Å². The molecule has 29 heavy (non-hydrogen) atoms. The van der Waals surface area contributed by atoms with Crippen molar-refractivity contribution in [1.82, 2.24) is 10.7 Å². The molecule has 0 saturated carbocycles. The largest absolute Gasteiger partial charge is 0.464 e. The summed E-state index contributed by atoms with van der Waals surface area (Å²) in [6.07, 6.45) is 1.73. The van der Waals surface area contributed by atoms with Gasteiger partial charge in [-0.1, -0.05) is 42.5 Å². The van der Waals surface area contributed by atoms with E-state index in [1.54, 1.807) is 31.2 Å². The lowest BCUT2D eigenvalue weighted by Gasteiger charge is -2.15. The Bertz CT molecular complexity index is 854. The quantitative estimate of drug-likeness (QED) is 0.253. The molecule has 0 heterocycles. The molecule has 2 aromatic rings. The normalized spacial score (nSPS) is 11.7. The van der Waals surface area contributed by atoms with Gasteiger partial charge in [0.25, 0.3) is 5.91 Å². The fourth-order valence-electron chi connectivity index (χ4n) is 2.38. The van der Waals surface area contributed by atoms with Crippen molar-refractivity contribution in [2.24, 2.45) is 5.10 Å². The molecule has 0 aliphatic rings. The number of thiol groups is 1. The highest BCUT2D eigenvalue weighted by atomic mass is 32.1. The molecule has 0 aromatic heterocycles. The lowest BCUT2D eigenvalue weighted by atomic mass is 10.1. The van der Waals surface area contributed by atoms with Gasteiger partial charge in [0, 0.05) is 11.3 Å². The van der Waals surface area contributed by atoms with Crippen molar-refractivity contribution in [2.75, 3.05) is 12.4 Å². The molecule has 2 N–H and O–H groups in total. The lowest BCUT2D eigenvalue weighted by Crippen LogP contribution is -2.43. The molecular formula is C21H23N3O4S. The maximum absolute atomic E-state index is 12.3. The van der Waals surface area contributed by atoms with Gasteiger partial charge in [0.15, 0.2) is 0 Å². The second-order valence-electron chi connectivity index (χ2n) is 6.04. The minimum Gasteiger partial charge on any atom is -0.464 e. The van der Waals surface area contributed by atoms with Gasteiger partial charge in [0.1, 0.15) is 6.04 Å². The van der Waals surface area contributed by atoms with Crippen LogP contribution >= 0.6 is 12.6 Å². The van der Waals surface area contributed by atoms with Crippen LogP contribution in [-0.2, 0) is 20.7 Å². The maximum Gasteiger partial charge on any atom is 0.329 e. The Kier molecular flexibility index (Phi) is 8.91. The summed E-state index contributed by atoms with van der Waals surface area (Å²) in [5.41, 5.74) is 4.45. The van der Waals surface area contributed by atoms with Gasteiger partial charge in [-0.15, -0.1) is 0 Å². The average Bonchev–Trinajstić information content (AvgIpc) is 2.73. The van der Waals surface area contributed by atoms with Crippen LogP contribution in [0.25, 0.3) is 0 Å². The number of hydrazone groups is 1. The molecule has 152 valence electrons. The molecule has 2 amide bonds. The van der Waals surface area contributed by atoms with Gasteiger partial charge in [-0.2, -0.15) is 17.7 Å². The summed E-state index contributed by atoms with van der Waals surface area (Å²) in [7, 11) is 0. The van der Waals surface area contributed by atoms with E-state index in [2.05, 4.69) is 28.5 Å². The molecule has 0 radical (unpaired) electrons. The molecule has 2 aromatic carbocycles. The number of esters is 1. The summed E-state index contributed by atoms with van der Waals surface area (Å²) in [5.74, 6) is -1.01. The number of benzene rings is 2. The van der Waals surface area contributed by atoms with Crippen LogP contribution in [0, 0.1) is 0 Å². The number of carbonyl (C=O) groups excluding carboxylic acids is 3. The van der Waals surface area contributed by atoms with Crippen LogP contribution < -0.4 is 10.7 Å². The van der Waals surface area contributed by atoms with Crippen molar-refractivity contribution >= 4 is 36.6 Å². The molecule has 0 aliphatic heterocycles. The Balaban J connectivity index is 1.87. The van der Waals surface area contributed by atoms with E-state index < -0.39 is 17.9 Å². The van der Waals surface area contributed by atoms with E-state index in [9.17, 15) is 14.4 Å². The van der Waals surface area contributed by atoms with E-state index in [4.69, 9.17) is 4.74 Å². The smallest absolute Gasteiger partial charge is 0.329 e. The maximum atomic E-state index is 12.3. The number of rotatable bonds is 9. The fourth-order valence-corrected chi connectivity index (χ4v) is 2.62. The average molecular weight is 413 g/mol. The molecule has 7 nitrogen and oxygen atoms in total. The third-order valence-electron chi connectivity index (χ3n) is 3.84. The van der Waals surface area contributed by atoms with E-state index in [-0.39, 0.29) is 24.7 Å². The van der Waals surface area contributed by atoms with Crippen LogP contribution in [0.2, 0.25) is 0 Å². The van der Waals surface area contributed by atoms with Gasteiger partial charge < -0.3 is 10.1 Å². The van der Waals surface area contributed by atoms with Crippen molar-refractivity contribution in [3.63, 3.8) is 0 Å². The Morgan fingerprint density at radius 1 is 1.10 bits per heavy atom. The highest BCUT2D eigenvalue weighted by Gasteiger charge is 2.20. The van der Waals surface area contributed by atoms with Crippen LogP contribution in [0.4, 0.5) is 0 Å². The lowest BCUT2D eigenvalue weighted by molar-refractivity contribution is -0.144. The Morgan fingerprint density at radius 2 is 1.79 bits per heavy atom.